The van der Waals surface area contributed by atoms with Crippen molar-refractivity contribution in [2.75, 3.05) is 6.61 Å². The van der Waals surface area contributed by atoms with Crippen LogP contribution in [0.5, 0.6) is 5.88 Å². The summed E-state index contributed by atoms with van der Waals surface area (Å²) in [6, 6.07) is 4.78. The van der Waals surface area contributed by atoms with Gasteiger partial charge in [0.15, 0.2) is 0 Å². The molecule has 0 bridgehead atoms. The van der Waals surface area contributed by atoms with Crippen molar-refractivity contribution in [2.24, 2.45) is 0 Å². The largest absolute Gasteiger partial charge is 0.477 e. The second-order valence-corrected chi connectivity index (χ2v) is 2.87. The van der Waals surface area contributed by atoms with Crippen molar-refractivity contribution < 1.29 is 9.13 Å². The lowest BCUT2D eigenvalue weighted by molar-refractivity contribution is 0.139. The van der Waals surface area contributed by atoms with Crippen molar-refractivity contribution in [2.45, 2.75) is 12.1 Å². The third-order valence-corrected chi connectivity index (χ3v) is 2.06. The first kappa shape index (κ1) is 7.99. The van der Waals surface area contributed by atoms with Gasteiger partial charge in [-0.1, -0.05) is 0 Å². The Balaban J connectivity index is 2.56. The fourth-order valence-corrected chi connectivity index (χ4v) is 1.35. The molecule has 1 aromatic rings. The van der Waals surface area contributed by atoms with Crippen molar-refractivity contribution in [3.63, 3.8) is 0 Å². The summed E-state index contributed by atoms with van der Waals surface area (Å²) < 4.78 is 18.9. The van der Waals surface area contributed by atoms with E-state index < -0.39 is 5.67 Å². The summed E-state index contributed by atoms with van der Waals surface area (Å²) in [5.41, 5.74) is -1.69. The van der Waals surface area contributed by atoms with Gasteiger partial charge in [0.2, 0.25) is 11.5 Å². The molecule has 4 heteroatoms. The van der Waals surface area contributed by atoms with Crippen LogP contribution in [-0.2, 0) is 5.67 Å². The molecule has 0 radical (unpaired) electrons. The second-order valence-electron chi connectivity index (χ2n) is 2.87. The van der Waals surface area contributed by atoms with E-state index in [4.69, 9.17) is 10.00 Å². The fourth-order valence-electron chi connectivity index (χ4n) is 1.35. The van der Waals surface area contributed by atoms with Gasteiger partial charge in [0.1, 0.15) is 6.07 Å². The van der Waals surface area contributed by atoms with E-state index in [1.807, 2.05) is 0 Å². The molecule has 0 aliphatic carbocycles. The molecule has 0 spiro atoms. The van der Waals surface area contributed by atoms with Crippen LogP contribution < -0.4 is 4.74 Å². The zero-order valence-electron chi connectivity index (χ0n) is 6.83. The number of alkyl halides is 1. The molecule has 0 saturated carbocycles. The number of fused-ring (bicyclic) bond motifs is 1. The molecule has 13 heavy (non-hydrogen) atoms. The van der Waals surface area contributed by atoms with E-state index in [1.165, 1.54) is 12.3 Å². The molecule has 0 saturated heterocycles. The predicted octanol–water partition coefficient (Wildman–Crippen LogP) is 1.55. The van der Waals surface area contributed by atoms with E-state index >= 15 is 0 Å². The number of nitriles is 1. The van der Waals surface area contributed by atoms with Gasteiger partial charge in [-0.05, 0) is 12.1 Å². The van der Waals surface area contributed by atoms with Crippen LogP contribution in [0.15, 0.2) is 18.3 Å². The zero-order valence-corrected chi connectivity index (χ0v) is 6.83. The van der Waals surface area contributed by atoms with Gasteiger partial charge >= 0.3 is 0 Å². The van der Waals surface area contributed by atoms with Gasteiger partial charge in [0, 0.05) is 12.6 Å². The van der Waals surface area contributed by atoms with Gasteiger partial charge in [-0.3, -0.25) is 0 Å². The van der Waals surface area contributed by atoms with Crippen LogP contribution in [0.4, 0.5) is 4.39 Å². The summed E-state index contributed by atoms with van der Waals surface area (Å²) in [6.45, 7) is 0.202. The first-order valence-electron chi connectivity index (χ1n) is 3.95. The maximum Gasteiger partial charge on any atom is 0.229 e. The first-order chi connectivity index (χ1) is 6.26. The highest BCUT2D eigenvalue weighted by atomic mass is 19.1. The summed E-state index contributed by atoms with van der Waals surface area (Å²) in [5, 5.41) is 8.69. The molecular weight excluding hydrogens is 171 g/mol. The summed E-state index contributed by atoms with van der Waals surface area (Å²) in [4.78, 5) is 3.85. The minimum absolute atomic E-state index is 0.0716. The third-order valence-electron chi connectivity index (χ3n) is 2.06. The average Bonchev–Trinajstić information content (AvgIpc) is 2.19. The molecule has 1 atom stereocenters. The van der Waals surface area contributed by atoms with Crippen molar-refractivity contribution in [1.82, 2.24) is 4.98 Å². The molecule has 1 aliphatic rings. The Morgan fingerprint density at radius 3 is 3.31 bits per heavy atom. The Labute approximate surface area is 74.8 Å². The number of pyridine rings is 1. The van der Waals surface area contributed by atoms with Crippen molar-refractivity contribution >= 4 is 0 Å². The normalized spacial score (nSPS) is 25.5. The van der Waals surface area contributed by atoms with E-state index in [2.05, 4.69) is 4.98 Å². The number of halogens is 1. The minimum Gasteiger partial charge on any atom is -0.477 e. The van der Waals surface area contributed by atoms with E-state index in [0.29, 0.717) is 0 Å². The minimum atomic E-state index is -1.93. The van der Waals surface area contributed by atoms with Gasteiger partial charge in [0.05, 0.1) is 12.2 Å². The van der Waals surface area contributed by atoms with Crippen LogP contribution in [0.1, 0.15) is 12.0 Å². The molecule has 0 N–H and O–H groups in total. The van der Waals surface area contributed by atoms with Crippen LogP contribution in [-0.4, -0.2) is 11.6 Å². The van der Waals surface area contributed by atoms with Crippen molar-refractivity contribution in [1.29, 1.82) is 5.26 Å². The molecule has 3 nitrogen and oxygen atoms in total. The first-order valence-corrected chi connectivity index (χ1v) is 3.95. The maximum absolute atomic E-state index is 13.8. The third kappa shape index (κ3) is 1.13. The van der Waals surface area contributed by atoms with E-state index in [9.17, 15) is 4.39 Å². The molecule has 2 heterocycles. The summed E-state index contributed by atoms with van der Waals surface area (Å²) in [7, 11) is 0. The Morgan fingerprint density at radius 1 is 1.69 bits per heavy atom. The summed E-state index contributed by atoms with van der Waals surface area (Å²) in [5.74, 6) is 0.234. The van der Waals surface area contributed by atoms with Gasteiger partial charge in [0.25, 0.3) is 0 Å². The quantitative estimate of drug-likeness (QED) is 0.605. The van der Waals surface area contributed by atoms with Crippen LogP contribution in [0.25, 0.3) is 0 Å². The highest BCUT2D eigenvalue weighted by Gasteiger charge is 2.38. The smallest absolute Gasteiger partial charge is 0.229 e. The Hall–Kier alpha value is -1.63. The van der Waals surface area contributed by atoms with Crippen LogP contribution in [0.3, 0.4) is 0 Å². The van der Waals surface area contributed by atoms with E-state index in [-0.39, 0.29) is 24.5 Å². The highest BCUT2D eigenvalue weighted by molar-refractivity contribution is 5.38. The molecular formula is C9H7FN2O. The van der Waals surface area contributed by atoms with Gasteiger partial charge in [-0.25, -0.2) is 9.37 Å². The lowest BCUT2D eigenvalue weighted by Gasteiger charge is -2.24. The van der Waals surface area contributed by atoms with Gasteiger partial charge in [-0.15, -0.1) is 0 Å². The average molecular weight is 178 g/mol. The number of rotatable bonds is 0. The predicted molar refractivity (Wildman–Crippen MR) is 42.7 cm³/mol. The Bertz CT molecular complexity index is 374. The number of hydrogen-bond donors (Lipinski definition) is 0. The van der Waals surface area contributed by atoms with E-state index in [0.717, 1.165) is 0 Å². The molecule has 0 aromatic carbocycles. The van der Waals surface area contributed by atoms with Crippen LogP contribution in [0.2, 0.25) is 0 Å². The number of ether oxygens (including phenoxy) is 1. The number of hydrogen-bond acceptors (Lipinski definition) is 3. The zero-order chi connectivity index (χ0) is 9.31. The second kappa shape index (κ2) is 2.70. The standard InChI is InChI=1S/C9H7FN2O/c10-9(6-11)3-5-13-8-7(9)2-1-4-12-8/h1-2,4H,3,5H2. The van der Waals surface area contributed by atoms with Crippen LogP contribution >= 0.6 is 0 Å². The van der Waals surface area contributed by atoms with Crippen molar-refractivity contribution in [3.05, 3.63) is 23.9 Å². The lowest BCUT2D eigenvalue weighted by atomic mass is 9.93. The van der Waals surface area contributed by atoms with Crippen LogP contribution in [0, 0.1) is 11.3 Å². The number of nitrogens with zero attached hydrogens (tertiary/aromatic N) is 2. The molecule has 1 aromatic heterocycles. The molecule has 66 valence electrons. The van der Waals surface area contributed by atoms with Gasteiger partial charge < -0.3 is 4.74 Å². The highest BCUT2D eigenvalue weighted by Crippen LogP contribution is 2.37. The summed E-state index contributed by atoms with van der Waals surface area (Å²) >= 11 is 0. The lowest BCUT2D eigenvalue weighted by Crippen LogP contribution is -2.27. The molecule has 1 aliphatic heterocycles. The SMILES string of the molecule is N#CC1(F)CCOc2ncccc21. The fraction of sp³-hybridized carbons (Fsp3) is 0.333. The molecule has 0 fully saturated rings. The summed E-state index contributed by atoms with van der Waals surface area (Å²) in [6.07, 6.45) is 1.59. The molecule has 2 rings (SSSR count). The maximum atomic E-state index is 13.8. The van der Waals surface area contributed by atoms with Gasteiger partial charge in [-0.2, -0.15) is 5.26 Å². The van der Waals surface area contributed by atoms with E-state index in [1.54, 1.807) is 12.1 Å². The topological polar surface area (TPSA) is 45.9 Å². The Morgan fingerprint density at radius 2 is 2.54 bits per heavy atom. The molecule has 1 unspecified atom stereocenters. The molecule has 0 amide bonds. The Kier molecular flexibility index (Phi) is 1.66. The monoisotopic (exact) mass is 178 g/mol. The van der Waals surface area contributed by atoms with Crippen molar-refractivity contribution in [3.8, 4) is 11.9 Å². The number of aromatic nitrogens is 1.